The van der Waals surface area contributed by atoms with Crippen LogP contribution in [0, 0.1) is 16.0 Å². The normalized spacial score (nSPS) is 17.8. The van der Waals surface area contributed by atoms with Gasteiger partial charge in [-0.3, -0.25) is 19.9 Å². The summed E-state index contributed by atoms with van der Waals surface area (Å²) in [4.78, 5) is 41.0. The summed E-state index contributed by atoms with van der Waals surface area (Å²) in [5.74, 6) is -2.98. The Morgan fingerprint density at radius 2 is 1.85 bits per heavy atom. The van der Waals surface area contributed by atoms with E-state index < -0.39 is 28.7 Å². The molecule has 0 amide bonds. The molecule has 172 valence electrons. The van der Waals surface area contributed by atoms with Gasteiger partial charge in [-0.1, -0.05) is 24.3 Å². The van der Waals surface area contributed by atoms with Crippen molar-refractivity contribution in [1.29, 1.82) is 0 Å². The molecule has 0 bridgehead atoms. The van der Waals surface area contributed by atoms with Gasteiger partial charge in [0.2, 0.25) is 0 Å². The highest BCUT2D eigenvalue weighted by atomic mass is 16.6. The number of rotatable bonds is 7. The number of nitrogens with zero attached hydrogens (tertiary/aromatic N) is 2. The molecule has 0 fully saturated rings. The second-order valence-electron chi connectivity index (χ2n) is 7.71. The van der Waals surface area contributed by atoms with E-state index >= 15 is 0 Å². The molecule has 1 heterocycles. The van der Waals surface area contributed by atoms with E-state index in [1.54, 1.807) is 32.0 Å². The van der Waals surface area contributed by atoms with E-state index in [0.29, 0.717) is 29.1 Å². The number of non-ortho nitro benzene ring substituents is 1. The number of ether oxygens (including phenoxy) is 2. The zero-order valence-corrected chi connectivity index (χ0v) is 18.6. The van der Waals surface area contributed by atoms with E-state index in [1.807, 2.05) is 12.1 Å². The van der Waals surface area contributed by atoms with Crippen molar-refractivity contribution < 1.29 is 24.0 Å². The highest BCUT2D eigenvalue weighted by molar-refractivity contribution is 6.07. The van der Waals surface area contributed by atoms with E-state index in [0.717, 1.165) is 5.56 Å². The van der Waals surface area contributed by atoms with Crippen LogP contribution in [0.25, 0.3) is 0 Å². The number of aliphatic imine (C=N–C) groups is 1. The molecule has 0 aromatic heterocycles. The fourth-order valence-electron chi connectivity index (χ4n) is 3.95. The maximum atomic E-state index is 13.2. The fraction of sp³-hybridized carbons (Fsp3) is 0.292. The van der Waals surface area contributed by atoms with Gasteiger partial charge in [0.25, 0.3) is 5.69 Å². The molecule has 0 spiro atoms. The summed E-state index contributed by atoms with van der Waals surface area (Å²) in [5, 5.41) is 11.3. The molecule has 33 heavy (non-hydrogen) atoms. The number of nitro groups is 1. The molecule has 3 rings (SSSR count). The topological polar surface area (TPSA) is 134 Å². The van der Waals surface area contributed by atoms with Crippen LogP contribution in [0.3, 0.4) is 0 Å². The molecule has 1 aliphatic rings. The van der Waals surface area contributed by atoms with Crippen LogP contribution >= 0.6 is 0 Å². The Bertz CT molecular complexity index is 1140. The van der Waals surface area contributed by atoms with Crippen LogP contribution in [0.2, 0.25) is 0 Å². The Hall–Kier alpha value is -4.01. The minimum Gasteiger partial charge on any atom is -0.468 e. The molecule has 0 saturated carbocycles. The third-order valence-electron chi connectivity index (χ3n) is 5.55. The number of esters is 2. The average molecular weight is 451 g/mol. The fourth-order valence-corrected chi connectivity index (χ4v) is 3.95. The van der Waals surface area contributed by atoms with E-state index in [2.05, 4.69) is 4.99 Å². The Labute approximate surface area is 191 Å². The van der Waals surface area contributed by atoms with E-state index in [9.17, 15) is 19.7 Å². The van der Waals surface area contributed by atoms with E-state index in [1.165, 1.54) is 25.3 Å². The van der Waals surface area contributed by atoms with Crippen molar-refractivity contribution in [3.05, 3.63) is 81.0 Å². The van der Waals surface area contributed by atoms with Gasteiger partial charge in [-0.15, -0.1) is 0 Å². The van der Waals surface area contributed by atoms with Crippen LogP contribution in [-0.4, -0.2) is 36.3 Å². The van der Waals surface area contributed by atoms with Crippen LogP contribution in [0.1, 0.15) is 30.9 Å². The van der Waals surface area contributed by atoms with Crippen LogP contribution in [0.15, 0.2) is 64.8 Å². The lowest BCUT2D eigenvalue weighted by Gasteiger charge is -2.31. The minimum atomic E-state index is -0.916. The summed E-state index contributed by atoms with van der Waals surface area (Å²) in [6.07, 6.45) is 0.475. The van der Waals surface area contributed by atoms with Gasteiger partial charge in [-0.25, -0.2) is 4.79 Å². The second-order valence-corrected chi connectivity index (χ2v) is 7.71. The van der Waals surface area contributed by atoms with Crippen molar-refractivity contribution in [2.24, 2.45) is 10.9 Å². The molecule has 9 heteroatoms. The number of methoxy groups -OCH3 is 1. The lowest BCUT2D eigenvalue weighted by atomic mass is 9.75. The number of nitrogens with two attached hydrogens (primary N) is 1. The summed E-state index contributed by atoms with van der Waals surface area (Å²) in [6, 6.07) is 13.1. The molecule has 1 aliphatic heterocycles. The van der Waals surface area contributed by atoms with Gasteiger partial charge in [0.1, 0.15) is 5.92 Å². The summed E-state index contributed by atoms with van der Waals surface area (Å²) in [7, 11) is 1.25. The third kappa shape index (κ3) is 5.25. The van der Waals surface area contributed by atoms with Crippen molar-refractivity contribution in [3.8, 4) is 0 Å². The Balaban J connectivity index is 1.94. The van der Waals surface area contributed by atoms with Crippen LogP contribution in [-0.2, 0) is 25.5 Å². The van der Waals surface area contributed by atoms with Gasteiger partial charge in [0.15, 0.2) is 0 Å². The van der Waals surface area contributed by atoms with Gasteiger partial charge >= 0.3 is 11.9 Å². The number of benzene rings is 2. The van der Waals surface area contributed by atoms with Crippen molar-refractivity contribution in [1.82, 2.24) is 0 Å². The molecule has 9 nitrogen and oxygen atoms in total. The average Bonchev–Trinajstić information content (AvgIpc) is 2.79. The second kappa shape index (κ2) is 10.1. The van der Waals surface area contributed by atoms with Gasteiger partial charge in [-0.2, -0.15) is 0 Å². The first-order valence-electron chi connectivity index (χ1n) is 10.3. The third-order valence-corrected chi connectivity index (χ3v) is 5.55. The van der Waals surface area contributed by atoms with Crippen molar-refractivity contribution >= 4 is 29.0 Å². The minimum absolute atomic E-state index is 0.104. The Morgan fingerprint density at radius 1 is 1.15 bits per heavy atom. The summed E-state index contributed by atoms with van der Waals surface area (Å²) in [6.45, 7) is 3.42. The van der Waals surface area contributed by atoms with Crippen LogP contribution in [0.5, 0.6) is 0 Å². The molecule has 0 radical (unpaired) electrons. The zero-order valence-electron chi connectivity index (χ0n) is 18.6. The number of carbonyl (C=O) groups is 2. The Morgan fingerprint density at radius 3 is 2.48 bits per heavy atom. The highest BCUT2D eigenvalue weighted by Gasteiger charge is 2.42. The number of allylic oxidation sites excluding steroid dienone is 1. The first kappa shape index (κ1) is 23.6. The standard InChI is InChI=1S/C24H25N3O6/c1-14-20(23(28)32-3)22(17-5-4-6-19(13-17)27(30)31)21(15(2)26-14)24(29)33-12-11-16-7-9-18(25)10-8-16/h4-10,13,20,22H,11-12,25H2,1-3H3. The predicted molar refractivity (Wildman–Crippen MR) is 123 cm³/mol. The SMILES string of the molecule is COC(=O)C1C(C)=NC(C)=C(C(=O)OCCc2ccc(N)cc2)C1c1cccc([N+](=O)[O-])c1. The van der Waals surface area contributed by atoms with Gasteiger partial charge in [-0.05, 0) is 37.1 Å². The Kier molecular flexibility index (Phi) is 7.22. The number of nitrogen functional groups attached to an aromatic ring is 1. The molecule has 2 aromatic carbocycles. The van der Waals surface area contributed by atoms with Crippen LogP contribution < -0.4 is 5.73 Å². The first-order valence-corrected chi connectivity index (χ1v) is 10.3. The summed E-state index contributed by atoms with van der Waals surface area (Å²) in [5.41, 5.74) is 8.58. The zero-order chi connectivity index (χ0) is 24.1. The molecular weight excluding hydrogens is 426 g/mol. The molecule has 0 saturated heterocycles. The van der Waals surface area contributed by atoms with Crippen molar-refractivity contribution in [2.75, 3.05) is 19.5 Å². The predicted octanol–water partition coefficient (Wildman–Crippen LogP) is 3.58. The number of nitro benzene ring substituents is 1. The van der Waals surface area contributed by atoms with Gasteiger partial charge in [0, 0.05) is 41.6 Å². The molecule has 2 N–H and O–H groups in total. The number of hydrogen-bond acceptors (Lipinski definition) is 8. The van der Waals surface area contributed by atoms with Gasteiger partial charge < -0.3 is 15.2 Å². The summed E-state index contributed by atoms with van der Waals surface area (Å²) < 4.78 is 10.5. The number of carbonyl (C=O) groups excluding carboxylic acids is 2. The van der Waals surface area contributed by atoms with Gasteiger partial charge in [0.05, 0.1) is 24.2 Å². The molecule has 2 atom stereocenters. The van der Waals surface area contributed by atoms with Crippen LogP contribution in [0.4, 0.5) is 11.4 Å². The lowest BCUT2D eigenvalue weighted by molar-refractivity contribution is -0.384. The number of anilines is 1. The number of hydrogen-bond donors (Lipinski definition) is 1. The molecule has 2 aromatic rings. The molecule has 0 aliphatic carbocycles. The maximum Gasteiger partial charge on any atom is 0.336 e. The molecular formula is C24H25N3O6. The smallest absolute Gasteiger partial charge is 0.336 e. The summed E-state index contributed by atoms with van der Waals surface area (Å²) >= 11 is 0. The van der Waals surface area contributed by atoms with E-state index in [4.69, 9.17) is 15.2 Å². The lowest BCUT2D eigenvalue weighted by Crippen LogP contribution is -2.36. The van der Waals surface area contributed by atoms with E-state index in [-0.39, 0.29) is 17.9 Å². The maximum absolute atomic E-state index is 13.2. The first-order chi connectivity index (χ1) is 15.7. The quantitative estimate of drug-likeness (QED) is 0.294. The highest BCUT2D eigenvalue weighted by Crippen LogP contribution is 2.40. The van der Waals surface area contributed by atoms with Crippen molar-refractivity contribution in [2.45, 2.75) is 26.2 Å². The molecule has 2 unspecified atom stereocenters. The van der Waals surface area contributed by atoms with Crippen molar-refractivity contribution in [3.63, 3.8) is 0 Å². The largest absolute Gasteiger partial charge is 0.468 e. The monoisotopic (exact) mass is 451 g/mol.